The average Bonchev–Trinajstić information content (AvgIpc) is 2.34. The van der Waals surface area contributed by atoms with Crippen LogP contribution < -0.4 is 16.9 Å². The van der Waals surface area contributed by atoms with E-state index in [2.05, 4.69) is 11.2 Å². The van der Waals surface area contributed by atoms with Gasteiger partial charge in [0, 0.05) is 40.5 Å². The molecule has 0 saturated heterocycles. The lowest BCUT2D eigenvalue weighted by molar-refractivity contribution is -0.801. The van der Waals surface area contributed by atoms with Crippen LogP contribution in [0.2, 0.25) is 6.04 Å². The first-order valence-corrected chi connectivity index (χ1v) is 7.38. The number of hydrazine groups is 1. The van der Waals surface area contributed by atoms with Gasteiger partial charge < -0.3 is 24.3 Å². The second-order valence-corrected chi connectivity index (χ2v) is 6.33. The van der Waals surface area contributed by atoms with Gasteiger partial charge in [-0.2, -0.15) is 0 Å². The van der Waals surface area contributed by atoms with Crippen LogP contribution in [0.5, 0.6) is 0 Å². The van der Waals surface area contributed by atoms with Crippen LogP contribution >= 0.6 is 0 Å². The van der Waals surface area contributed by atoms with Gasteiger partial charge in [0.15, 0.2) is 0 Å². The molecule has 0 rings (SSSR count). The Morgan fingerprint density at radius 3 is 2.00 bits per heavy atom. The highest BCUT2D eigenvalue weighted by molar-refractivity contribution is 6.60. The van der Waals surface area contributed by atoms with Crippen molar-refractivity contribution in [1.29, 1.82) is 0 Å². The van der Waals surface area contributed by atoms with Crippen LogP contribution in [0.25, 0.3) is 0 Å². The molecule has 18 heavy (non-hydrogen) atoms. The van der Waals surface area contributed by atoms with Crippen LogP contribution in [0.1, 0.15) is 6.42 Å². The highest BCUT2D eigenvalue weighted by atomic mass is 28.4. The average molecular weight is 285 g/mol. The minimum Gasteiger partial charge on any atom is -0.377 e. The summed E-state index contributed by atoms with van der Waals surface area (Å²) in [4.78, 5) is 8.69. The third-order valence-corrected chi connectivity index (χ3v) is 4.92. The Balaban J connectivity index is 0. The first-order valence-electron chi connectivity index (χ1n) is 5.45. The Kier molecular flexibility index (Phi) is 13.8. The van der Waals surface area contributed by atoms with Crippen molar-refractivity contribution in [3.8, 4) is 0 Å². The predicted octanol–water partition coefficient (Wildman–Crippen LogP) is -1.17. The van der Waals surface area contributed by atoms with Gasteiger partial charge in [-0.05, 0) is 13.0 Å². The van der Waals surface area contributed by atoms with Crippen molar-refractivity contribution in [2.45, 2.75) is 12.5 Å². The quantitative estimate of drug-likeness (QED) is 0.180. The maximum atomic E-state index is 8.69. The Labute approximate surface area is 108 Å². The van der Waals surface area contributed by atoms with Gasteiger partial charge in [0.25, 0.3) is 0 Å². The van der Waals surface area contributed by atoms with Crippen molar-refractivity contribution >= 4 is 8.80 Å². The zero-order valence-electron chi connectivity index (χ0n) is 11.2. The normalized spacial score (nSPS) is 10.7. The molecule has 0 aliphatic rings. The summed E-state index contributed by atoms with van der Waals surface area (Å²) in [5.41, 5.74) is 5.35. The first kappa shape index (κ1) is 19.6. The summed E-state index contributed by atoms with van der Waals surface area (Å²) >= 11 is 0. The van der Waals surface area contributed by atoms with Gasteiger partial charge in [0.05, 0.1) is 0 Å². The molecule has 0 aliphatic carbocycles. The van der Waals surface area contributed by atoms with Gasteiger partial charge in [-0.3, -0.25) is 0 Å². The largest absolute Gasteiger partial charge is 0.500 e. The molecule has 0 saturated carbocycles. The van der Waals surface area contributed by atoms with Gasteiger partial charge in [-0.1, -0.05) is 0 Å². The van der Waals surface area contributed by atoms with E-state index in [1.54, 1.807) is 21.3 Å². The molecule has 0 aromatic carbocycles. The zero-order chi connectivity index (χ0) is 14.4. The standard InChI is InChI=1S/C8H22N2O3Si.H3N2O2/c1-11-14(12-2,13-3)8-4-6-10-7-5-9;1-2(3)4/h10H,4-9H2,1-3H3;1H2,(H,3,4)/q;+1. The van der Waals surface area contributed by atoms with Gasteiger partial charge in [0.2, 0.25) is 0 Å². The predicted molar refractivity (Wildman–Crippen MR) is 67.7 cm³/mol. The first-order chi connectivity index (χ1) is 8.47. The zero-order valence-corrected chi connectivity index (χ0v) is 12.2. The molecule has 0 aromatic rings. The van der Waals surface area contributed by atoms with Crippen molar-refractivity contribution in [2.75, 3.05) is 41.0 Å². The third kappa shape index (κ3) is 11.7. The molecule has 10 heteroatoms. The maximum Gasteiger partial charge on any atom is 0.500 e. The fourth-order valence-corrected chi connectivity index (χ4v) is 2.94. The lowest BCUT2D eigenvalue weighted by Crippen LogP contribution is -2.43. The van der Waals surface area contributed by atoms with E-state index in [0.717, 1.165) is 25.6 Å². The van der Waals surface area contributed by atoms with E-state index >= 15 is 0 Å². The number of nitrogens with two attached hydrogens (primary N) is 2. The highest BCUT2D eigenvalue weighted by Crippen LogP contribution is 2.13. The Morgan fingerprint density at radius 1 is 1.22 bits per heavy atom. The van der Waals surface area contributed by atoms with Crippen LogP contribution in [-0.2, 0) is 13.3 Å². The molecule has 0 bridgehead atoms. The van der Waals surface area contributed by atoms with Crippen molar-refractivity contribution in [1.82, 2.24) is 5.32 Å². The lowest BCUT2D eigenvalue weighted by Gasteiger charge is -2.24. The fourth-order valence-electron chi connectivity index (χ4n) is 1.21. The maximum absolute atomic E-state index is 8.69. The summed E-state index contributed by atoms with van der Waals surface area (Å²) < 4.78 is 15.9. The number of rotatable bonds is 9. The van der Waals surface area contributed by atoms with Gasteiger partial charge in [-0.25, -0.2) is 5.21 Å². The minimum absolute atomic E-state index is 0.668. The van der Waals surface area contributed by atoms with E-state index in [1.165, 1.54) is 0 Å². The van der Waals surface area contributed by atoms with E-state index in [1.807, 2.05) is 0 Å². The van der Waals surface area contributed by atoms with Crippen molar-refractivity contribution < 1.29 is 23.5 Å². The molecule has 0 spiro atoms. The van der Waals surface area contributed by atoms with Crippen molar-refractivity contribution in [3.05, 3.63) is 4.91 Å². The van der Waals surface area contributed by atoms with Crippen LogP contribution in [0.4, 0.5) is 0 Å². The molecule has 0 amide bonds. The molecule has 0 aromatic heterocycles. The van der Waals surface area contributed by atoms with Crippen LogP contribution in [0.3, 0.4) is 0 Å². The van der Waals surface area contributed by atoms with E-state index < -0.39 is 13.8 Å². The van der Waals surface area contributed by atoms with Crippen LogP contribution in [0, 0.1) is 4.91 Å². The summed E-state index contributed by atoms with van der Waals surface area (Å²) in [6.07, 6.45) is 0.974. The molecule has 0 heterocycles. The molecular formula is C8H25N4O5Si+. The van der Waals surface area contributed by atoms with E-state index in [-0.39, 0.29) is 0 Å². The number of nitrogens with one attached hydrogen (secondary N) is 1. The van der Waals surface area contributed by atoms with Crippen LogP contribution in [0.15, 0.2) is 0 Å². The molecule has 0 fully saturated rings. The smallest absolute Gasteiger partial charge is 0.377 e. The fraction of sp³-hybridized carbons (Fsp3) is 1.00. The Morgan fingerprint density at radius 2 is 1.67 bits per heavy atom. The minimum atomic E-state index is -2.35. The summed E-state index contributed by atoms with van der Waals surface area (Å²) in [6.45, 7) is 2.44. The summed E-state index contributed by atoms with van der Waals surface area (Å²) in [5.74, 6) is 3.94. The highest BCUT2D eigenvalue weighted by Gasteiger charge is 2.36. The number of hydrogen-bond acceptors (Lipinski definition) is 6. The monoisotopic (exact) mass is 285 g/mol. The molecule has 6 N–H and O–H groups in total. The van der Waals surface area contributed by atoms with E-state index in [4.69, 9.17) is 29.1 Å². The number of hydrogen-bond donors (Lipinski definition) is 4. The lowest BCUT2D eigenvalue weighted by atomic mass is 10.5. The second kappa shape index (κ2) is 12.7. The molecule has 110 valence electrons. The molecule has 0 atom stereocenters. The summed E-state index contributed by atoms with van der Waals surface area (Å²) in [7, 11) is 2.55. The molecule has 0 aliphatic heterocycles. The van der Waals surface area contributed by atoms with Crippen molar-refractivity contribution in [3.63, 3.8) is 0 Å². The Bertz CT molecular complexity index is 194. The van der Waals surface area contributed by atoms with Crippen LogP contribution in [-0.4, -0.2) is 60.0 Å². The Hall–Kier alpha value is -0.783. The summed E-state index contributed by atoms with van der Waals surface area (Å²) in [5, 5.41) is 9.57. The molecular weight excluding hydrogens is 260 g/mol. The SMILES string of the molecule is CO[Si](CCCNCCN)(OC)OC.N[N+](=O)O. The molecule has 0 unspecified atom stereocenters. The van der Waals surface area contributed by atoms with E-state index in [0.29, 0.717) is 6.54 Å². The third-order valence-electron chi connectivity index (χ3n) is 2.09. The molecule has 0 radical (unpaired) electrons. The van der Waals surface area contributed by atoms with Gasteiger partial charge in [0.1, 0.15) is 4.91 Å². The van der Waals surface area contributed by atoms with E-state index in [9.17, 15) is 0 Å². The second-order valence-electron chi connectivity index (χ2n) is 3.24. The number of nitrogens with zero attached hydrogens (tertiary/aromatic N) is 1. The van der Waals surface area contributed by atoms with Gasteiger partial charge in [-0.15, -0.1) is 5.84 Å². The topological polar surface area (TPSA) is 132 Å². The summed E-state index contributed by atoms with van der Waals surface area (Å²) in [6, 6.07) is 0.827. The van der Waals surface area contributed by atoms with Gasteiger partial charge >= 0.3 is 13.8 Å². The molecule has 9 nitrogen and oxygen atoms in total. The van der Waals surface area contributed by atoms with Crippen molar-refractivity contribution in [2.24, 2.45) is 11.6 Å².